The molecule has 1 aliphatic heterocycles. The van der Waals surface area contributed by atoms with Gasteiger partial charge in [-0.25, -0.2) is 9.78 Å². The highest BCUT2D eigenvalue weighted by Gasteiger charge is 2.17. The summed E-state index contributed by atoms with van der Waals surface area (Å²) in [4.78, 5) is 18.4. The molecule has 0 aromatic carbocycles. The van der Waals surface area contributed by atoms with E-state index in [0.717, 1.165) is 18.2 Å². The van der Waals surface area contributed by atoms with E-state index in [0.29, 0.717) is 10.8 Å². The van der Waals surface area contributed by atoms with Crippen molar-refractivity contribution in [3.8, 4) is 0 Å². The Hall–Kier alpha value is -1.14. The van der Waals surface area contributed by atoms with Crippen LogP contribution in [0.15, 0.2) is 6.20 Å². The van der Waals surface area contributed by atoms with Crippen molar-refractivity contribution in [2.45, 2.75) is 12.8 Å². The molecular weight excluding hydrogens is 250 g/mol. The first-order valence-electron chi connectivity index (χ1n) is 6.15. The number of rotatable bonds is 4. The first-order valence-corrected chi connectivity index (χ1v) is 6.97. The predicted molar refractivity (Wildman–Crippen MR) is 72.2 cm³/mol. The van der Waals surface area contributed by atoms with E-state index in [2.05, 4.69) is 27.0 Å². The summed E-state index contributed by atoms with van der Waals surface area (Å²) in [5.41, 5.74) is 0. The second-order valence-electron chi connectivity index (χ2n) is 4.67. The minimum atomic E-state index is -0.321. The molecule has 1 aliphatic rings. The Kier molecular flexibility index (Phi) is 4.54. The van der Waals surface area contributed by atoms with Gasteiger partial charge in [-0.05, 0) is 32.4 Å². The number of carbonyl (C=O) groups excluding carboxylic acids is 1. The highest BCUT2D eigenvalue weighted by molar-refractivity contribution is 7.17. The predicted octanol–water partition coefficient (Wildman–Crippen LogP) is 1.68. The number of likely N-dealkylation sites (tertiary alicyclic amines) is 1. The summed E-state index contributed by atoms with van der Waals surface area (Å²) in [5, 5.41) is 4.10. The third-order valence-electron chi connectivity index (χ3n) is 3.16. The zero-order valence-electron chi connectivity index (χ0n) is 10.8. The van der Waals surface area contributed by atoms with Crippen LogP contribution in [0.4, 0.5) is 5.13 Å². The molecule has 0 saturated carbocycles. The minimum Gasteiger partial charge on any atom is -0.465 e. The number of nitrogens with one attached hydrogen (secondary N) is 1. The molecule has 100 valence electrons. The maximum atomic E-state index is 11.3. The average Bonchev–Trinajstić information content (AvgIpc) is 2.84. The lowest BCUT2D eigenvalue weighted by Crippen LogP contribution is -2.35. The molecule has 5 nitrogen and oxygen atoms in total. The van der Waals surface area contributed by atoms with Crippen LogP contribution in [0.3, 0.4) is 0 Å². The molecule has 18 heavy (non-hydrogen) atoms. The largest absolute Gasteiger partial charge is 0.465 e. The molecule has 1 aromatic rings. The van der Waals surface area contributed by atoms with Gasteiger partial charge in [-0.2, -0.15) is 0 Å². The topological polar surface area (TPSA) is 54.5 Å². The van der Waals surface area contributed by atoms with E-state index < -0.39 is 0 Å². The van der Waals surface area contributed by atoms with Crippen LogP contribution in [0.5, 0.6) is 0 Å². The first-order chi connectivity index (χ1) is 8.69. The normalized spacial score (nSPS) is 20.7. The van der Waals surface area contributed by atoms with Crippen LogP contribution >= 0.6 is 11.3 Å². The number of esters is 1. The zero-order chi connectivity index (χ0) is 13.0. The van der Waals surface area contributed by atoms with Gasteiger partial charge in [0.25, 0.3) is 0 Å². The van der Waals surface area contributed by atoms with Crippen molar-refractivity contribution < 1.29 is 9.53 Å². The highest BCUT2D eigenvalue weighted by atomic mass is 32.1. The van der Waals surface area contributed by atoms with Crippen molar-refractivity contribution >= 4 is 22.4 Å². The van der Waals surface area contributed by atoms with Gasteiger partial charge < -0.3 is 15.0 Å². The summed E-state index contributed by atoms with van der Waals surface area (Å²) in [7, 11) is 3.54. The maximum Gasteiger partial charge on any atom is 0.349 e. The molecule has 2 rings (SSSR count). The SMILES string of the molecule is COC(=O)c1cnc(NCC2CCCN(C)C2)s1. The van der Waals surface area contributed by atoms with E-state index in [4.69, 9.17) is 0 Å². The summed E-state index contributed by atoms with van der Waals surface area (Å²) >= 11 is 1.34. The fraction of sp³-hybridized carbons (Fsp3) is 0.667. The molecule has 2 heterocycles. The van der Waals surface area contributed by atoms with Crippen molar-refractivity contribution in [3.63, 3.8) is 0 Å². The van der Waals surface area contributed by atoms with Gasteiger partial charge in [0.05, 0.1) is 13.3 Å². The molecule has 0 bridgehead atoms. The Morgan fingerprint density at radius 2 is 2.56 bits per heavy atom. The quantitative estimate of drug-likeness (QED) is 0.843. The van der Waals surface area contributed by atoms with Crippen LogP contribution in [0.1, 0.15) is 22.5 Å². The second kappa shape index (κ2) is 6.15. The van der Waals surface area contributed by atoms with Crippen LogP contribution < -0.4 is 5.32 Å². The number of hydrogen-bond acceptors (Lipinski definition) is 6. The number of hydrogen-bond donors (Lipinski definition) is 1. The molecule has 1 atom stereocenters. The lowest BCUT2D eigenvalue weighted by Gasteiger charge is -2.29. The molecule has 0 amide bonds. The molecule has 1 saturated heterocycles. The van der Waals surface area contributed by atoms with E-state index in [1.165, 1.54) is 37.8 Å². The Balaban J connectivity index is 1.82. The van der Waals surface area contributed by atoms with Crippen LogP contribution in [0.25, 0.3) is 0 Å². The Morgan fingerprint density at radius 3 is 3.28 bits per heavy atom. The van der Waals surface area contributed by atoms with Gasteiger partial charge in [0.2, 0.25) is 0 Å². The maximum absolute atomic E-state index is 11.3. The third kappa shape index (κ3) is 3.43. The number of carbonyl (C=O) groups is 1. The number of ether oxygens (including phenoxy) is 1. The van der Waals surface area contributed by atoms with Gasteiger partial charge in [0.1, 0.15) is 4.88 Å². The van der Waals surface area contributed by atoms with Gasteiger partial charge in [-0.15, -0.1) is 0 Å². The lowest BCUT2D eigenvalue weighted by atomic mass is 9.99. The summed E-state index contributed by atoms with van der Waals surface area (Å²) in [6.45, 7) is 3.24. The van der Waals surface area contributed by atoms with E-state index >= 15 is 0 Å². The van der Waals surface area contributed by atoms with Crippen molar-refractivity contribution in [1.29, 1.82) is 0 Å². The number of methoxy groups -OCH3 is 1. The number of piperidine rings is 1. The van der Waals surface area contributed by atoms with Gasteiger partial charge in [-0.1, -0.05) is 11.3 Å². The third-order valence-corrected chi connectivity index (χ3v) is 4.09. The smallest absolute Gasteiger partial charge is 0.349 e. The summed E-state index contributed by atoms with van der Waals surface area (Å²) in [6.07, 6.45) is 4.08. The van der Waals surface area contributed by atoms with Crippen molar-refractivity contribution in [1.82, 2.24) is 9.88 Å². The molecule has 0 radical (unpaired) electrons. The van der Waals surface area contributed by atoms with Gasteiger partial charge in [0.15, 0.2) is 5.13 Å². The summed E-state index contributed by atoms with van der Waals surface area (Å²) in [6, 6.07) is 0. The molecule has 1 N–H and O–H groups in total. The zero-order valence-corrected chi connectivity index (χ0v) is 11.6. The molecule has 1 fully saturated rings. The molecule has 1 aromatic heterocycles. The lowest BCUT2D eigenvalue weighted by molar-refractivity contribution is 0.0606. The van der Waals surface area contributed by atoms with Crippen molar-refractivity contribution in [2.75, 3.05) is 39.1 Å². The fourth-order valence-corrected chi connectivity index (χ4v) is 2.96. The van der Waals surface area contributed by atoms with E-state index in [-0.39, 0.29) is 5.97 Å². The van der Waals surface area contributed by atoms with Gasteiger partial charge >= 0.3 is 5.97 Å². The Bertz CT molecular complexity index is 408. The Labute approximate surface area is 111 Å². The van der Waals surface area contributed by atoms with E-state index in [1.54, 1.807) is 6.20 Å². The Morgan fingerprint density at radius 1 is 1.72 bits per heavy atom. The molecule has 1 unspecified atom stereocenters. The van der Waals surface area contributed by atoms with Gasteiger partial charge in [0, 0.05) is 13.1 Å². The van der Waals surface area contributed by atoms with Crippen LogP contribution in [-0.4, -0.2) is 49.6 Å². The average molecular weight is 269 g/mol. The second-order valence-corrected chi connectivity index (χ2v) is 5.70. The molecular formula is C12H19N3O2S. The van der Waals surface area contributed by atoms with Crippen molar-refractivity contribution in [3.05, 3.63) is 11.1 Å². The number of anilines is 1. The van der Waals surface area contributed by atoms with Gasteiger partial charge in [-0.3, -0.25) is 0 Å². The number of thiazole rings is 1. The van der Waals surface area contributed by atoms with Crippen molar-refractivity contribution in [2.24, 2.45) is 5.92 Å². The highest BCUT2D eigenvalue weighted by Crippen LogP contribution is 2.21. The number of nitrogens with zero attached hydrogens (tertiary/aromatic N) is 2. The van der Waals surface area contributed by atoms with Crippen LogP contribution in [0.2, 0.25) is 0 Å². The minimum absolute atomic E-state index is 0.321. The monoisotopic (exact) mass is 269 g/mol. The summed E-state index contributed by atoms with van der Waals surface area (Å²) < 4.78 is 4.66. The van der Waals surface area contributed by atoms with Crippen LogP contribution in [0, 0.1) is 5.92 Å². The fourth-order valence-electron chi connectivity index (χ4n) is 2.22. The molecule has 0 spiro atoms. The van der Waals surface area contributed by atoms with Crippen LogP contribution in [-0.2, 0) is 4.74 Å². The van der Waals surface area contributed by atoms with E-state index in [9.17, 15) is 4.79 Å². The number of aromatic nitrogens is 1. The summed E-state index contributed by atoms with van der Waals surface area (Å²) in [5.74, 6) is 0.340. The molecule has 0 aliphatic carbocycles. The molecule has 6 heteroatoms. The first kappa shape index (κ1) is 13.3. The van der Waals surface area contributed by atoms with E-state index in [1.807, 2.05) is 0 Å². The standard InChI is InChI=1S/C12H19N3O2S/c1-15-5-3-4-9(8-15)6-13-12-14-7-10(18-12)11(16)17-2/h7,9H,3-6,8H2,1-2H3,(H,13,14).